The Morgan fingerprint density at radius 1 is 1.16 bits per heavy atom. The van der Waals surface area contributed by atoms with Crippen molar-refractivity contribution in [2.24, 2.45) is 0 Å². The molecule has 31 heavy (non-hydrogen) atoms. The van der Waals surface area contributed by atoms with Crippen LogP contribution >= 0.6 is 0 Å². The zero-order valence-electron chi connectivity index (χ0n) is 18.9. The van der Waals surface area contributed by atoms with Crippen LogP contribution in [0.2, 0.25) is 0 Å². The Hall–Kier alpha value is -3.22. The average Bonchev–Trinajstić information content (AvgIpc) is 3.02. The van der Waals surface area contributed by atoms with Gasteiger partial charge in [-0.2, -0.15) is 0 Å². The van der Waals surface area contributed by atoms with Crippen LogP contribution in [0, 0.1) is 0 Å². The summed E-state index contributed by atoms with van der Waals surface area (Å²) < 4.78 is 17.9. The first-order valence-electron chi connectivity index (χ1n) is 10.4. The van der Waals surface area contributed by atoms with Gasteiger partial charge in [-0.05, 0) is 56.0 Å². The van der Waals surface area contributed by atoms with E-state index in [4.69, 9.17) is 14.2 Å². The fourth-order valence-electron chi connectivity index (χ4n) is 3.95. The largest absolute Gasteiger partial charge is 0.497 e. The van der Waals surface area contributed by atoms with E-state index in [0.717, 1.165) is 29.5 Å². The van der Waals surface area contributed by atoms with Crippen molar-refractivity contribution in [3.8, 4) is 11.5 Å². The number of benzene rings is 1. The Morgan fingerprint density at radius 3 is 2.58 bits per heavy atom. The second kappa shape index (κ2) is 9.73. The molecule has 166 valence electrons. The molecule has 0 spiro atoms. The molecule has 0 aliphatic heterocycles. The van der Waals surface area contributed by atoms with Gasteiger partial charge in [0.15, 0.2) is 0 Å². The third kappa shape index (κ3) is 4.76. The van der Waals surface area contributed by atoms with Crippen LogP contribution in [0.4, 0.5) is 0 Å². The van der Waals surface area contributed by atoms with Gasteiger partial charge in [0.05, 0.1) is 33.1 Å². The maximum absolute atomic E-state index is 13.5. The third-order valence-electron chi connectivity index (χ3n) is 5.29. The maximum Gasteiger partial charge on any atom is 0.354 e. The normalized spacial score (nSPS) is 14.7. The van der Waals surface area contributed by atoms with Crippen molar-refractivity contribution < 1.29 is 23.8 Å². The van der Waals surface area contributed by atoms with Gasteiger partial charge in [0.1, 0.15) is 17.2 Å². The van der Waals surface area contributed by atoms with Gasteiger partial charge in [0, 0.05) is 31.4 Å². The van der Waals surface area contributed by atoms with Gasteiger partial charge in [-0.25, -0.2) is 4.79 Å². The number of hydrogen-bond donors (Lipinski definition) is 0. The first-order chi connectivity index (χ1) is 14.9. The number of carbonyl (C=O) groups is 2. The van der Waals surface area contributed by atoms with Crippen molar-refractivity contribution in [1.82, 2.24) is 9.47 Å². The minimum Gasteiger partial charge on any atom is -0.497 e. The molecule has 1 aliphatic rings. The van der Waals surface area contributed by atoms with Crippen LogP contribution < -0.4 is 9.47 Å². The van der Waals surface area contributed by atoms with Gasteiger partial charge in [0.2, 0.25) is 5.78 Å². The number of Topliss-reactive ketones (excluding diaryl/α,β-unsaturated/α-hetero) is 1. The number of rotatable bonds is 7. The molecule has 0 fully saturated rings. The molecule has 3 rings (SSSR count). The smallest absolute Gasteiger partial charge is 0.354 e. The first kappa shape index (κ1) is 22.5. The number of fused-ring (bicyclic) bond motifs is 1. The van der Waals surface area contributed by atoms with E-state index in [1.54, 1.807) is 31.8 Å². The number of carbonyl (C=O) groups excluding carboxylic acids is 2. The Kier molecular flexibility index (Phi) is 7.05. The number of hydrogen-bond acceptors (Lipinski definition) is 6. The van der Waals surface area contributed by atoms with Crippen molar-refractivity contribution in [2.75, 3.05) is 34.9 Å². The van der Waals surface area contributed by atoms with E-state index >= 15 is 0 Å². The lowest BCUT2D eigenvalue weighted by Gasteiger charge is -2.17. The molecule has 2 aromatic rings. The summed E-state index contributed by atoms with van der Waals surface area (Å²) in [5.41, 5.74) is 3.32. The molecule has 1 aromatic heterocycles. The first-order valence-corrected chi connectivity index (χ1v) is 10.4. The number of methoxy groups -OCH3 is 2. The van der Waals surface area contributed by atoms with Crippen molar-refractivity contribution in [3.63, 3.8) is 0 Å². The lowest BCUT2D eigenvalue weighted by molar-refractivity contribution is 0.0514. The van der Waals surface area contributed by atoms with Crippen molar-refractivity contribution in [1.29, 1.82) is 0 Å². The van der Waals surface area contributed by atoms with Crippen LogP contribution in [0.5, 0.6) is 11.5 Å². The SMILES string of the molecule is CCOC(=O)c1cc2c(n1Cc1cc(OC)ccc1OC)C(=O)/C(=C/N(C)C)CCC2. The highest BCUT2D eigenvalue weighted by molar-refractivity contribution is 6.10. The molecule has 1 heterocycles. The van der Waals surface area contributed by atoms with Crippen molar-refractivity contribution in [2.45, 2.75) is 32.7 Å². The minimum absolute atomic E-state index is 0.0568. The predicted molar refractivity (Wildman–Crippen MR) is 118 cm³/mol. The monoisotopic (exact) mass is 426 g/mol. The van der Waals surface area contributed by atoms with Gasteiger partial charge in [-0.1, -0.05) is 0 Å². The maximum atomic E-state index is 13.5. The Morgan fingerprint density at radius 2 is 1.94 bits per heavy atom. The van der Waals surface area contributed by atoms with E-state index in [1.807, 2.05) is 43.4 Å². The van der Waals surface area contributed by atoms with E-state index in [2.05, 4.69) is 0 Å². The van der Waals surface area contributed by atoms with E-state index in [9.17, 15) is 9.59 Å². The fourth-order valence-corrected chi connectivity index (χ4v) is 3.95. The highest BCUT2D eigenvalue weighted by Gasteiger charge is 2.29. The second-order valence-electron chi connectivity index (χ2n) is 7.69. The summed E-state index contributed by atoms with van der Waals surface area (Å²) in [5.74, 6) is 0.830. The van der Waals surface area contributed by atoms with Crippen LogP contribution in [0.3, 0.4) is 0 Å². The lowest BCUT2D eigenvalue weighted by atomic mass is 10.1. The van der Waals surface area contributed by atoms with Gasteiger partial charge in [0.25, 0.3) is 0 Å². The molecule has 0 radical (unpaired) electrons. The van der Waals surface area contributed by atoms with Crippen LogP contribution in [-0.4, -0.2) is 56.1 Å². The van der Waals surface area contributed by atoms with Gasteiger partial charge >= 0.3 is 5.97 Å². The van der Waals surface area contributed by atoms with Gasteiger partial charge in [-0.3, -0.25) is 4.79 Å². The Balaban J connectivity index is 2.18. The number of aryl methyl sites for hydroxylation is 1. The highest BCUT2D eigenvalue weighted by Crippen LogP contribution is 2.31. The predicted octanol–water partition coefficient (Wildman–Crippen LogP) is 3.69. The zero-order chi connectivity index (χ0) is 22.5. The molecule has 1 aliphatic carbocycles. The number of ether oxygens (including phenoxy) is 3. The van der Waals surface area contributed by atoms with E-state index < -0.39 is 5.97 Å². The second-order valence-corrected chi connectivity index (χ2v) is 7.69. The molecule has 0 atom stereocenters. The molecule has 7 heteroatoms. The van der Waals surface area contributed by atoms with Crippen LogP contribution in [-0.2, 0) is 17.7 Å². The molecular weight excluding hydrogens is 396 g/mol. The zero-order valence-corrected chi connectivity index (χ0v) is 18.9. The number of esters is 1. The summed E-state index contributed by atoms with van der Waals surface area (Å²) in [6.07, 6.45) is 4.13. The van der Waals surface area contributed by atoms with Crippen LogP contribution in [0.15, 0.2) is 36.0 Å². The Labute approximate surface area is 183 Å². The van der Waals surface area contributed by atoms with E-state index in [1.165, 1.54) is 0 Å². The average molecular weight is 427 g/mol. The molecule has 0 amide bonds. The summed E-state index contributed by atoms with van der Waals surface area (Å²) in [6.45, 7) is 2.31. The van der Waals surface area contributed by atoms with E-state index in [-0.39, 0.29) is 18.9 Å². The standard InChI is InChI=1S/C24H30N2O5/c1-6-31-24(28)20-13-16-8-7-9-17(14-25(2)3)23(27)22(16)26(20)15-18-12-19(29-4)10-11-21(18)30-5/h10-14H,6-9,15H2,1-5H3/b17-14+. The summed E-state index contributed by atoms with van der Waals surface area (Å²) in [6, 6.07) is 7.29. The molecular formula is C24H30N2O5. The van der Waals surface area contributed by atoms with Crippen LogP contribution in [0.25, 0.3) is 0 Å². The molecule has 0 saturated heterocycles. The molecule has 0 bridgehead atoms. The van der Waals surface area contributed by atoms with Crippen molar-refractivity contribution in [3.05, 3.63) is 58.6 Å². The highest BCUT2D eigenvalue weighted by atomic mass is 16.5. The third-order valence-corrected chi connectivity index (χ3v) is 5.29. The molecule has 0 unspecified atom stereocenters. The minimum atomic E-state index is -0.441. The topological polar surface area (TPSA) is 70.0 Å². The number of aromatic nitrogens is 1. The number of ketones is 1. The number of allylic oxidation sites excluding steroid dienone is 1. The number of nitrogens with zero attached hydrogens (tertiary/aromatic N) is 2. The Bertz CT molecular complexity index is 1000. The quantitative estimate of drug-likeness (QED) is 0.382. The van der Waals surface area contributed by atoms with Crippen LogP contribution in [0.1, 0.15) is 51.9 Å². The lowest BCUT2D eigenvalue weighted by Crippen LogP contribution is -2.19. The van der Waals surface area contributed by atoms with E-state index in [0.29, 0.717) is 29.3 Å². The van der Waals surface area contributed by atoms with Gasteiger partial charge in [-0.15, -0.1) is 0 Å². The summed E-state index contributed by atoms with van der Waals surface area (Å²) in [4.78, 5) is 28.2. The molecule has 7 nitrogen and oxygen atoms in total. The molecule has 1 aromatic carbocycles. The summed E-state index contributed by atoms with van der Waals surface area (Å²) >= 11 is 0. The molecule has 0 saturated carbocycles. The fraction of sp³-hybridized carbons (Fsp3) is 0.417. The summed E-state index contributed by atoms with van der Waals surface area (Å²) in [7, 11) is 6.99. The summed E-state index contributed by atoms with van der Waals surface area (Å²) in [5, 5.41) is 0. The van der Waals surface area contributed by atoms with Gasteiger partial charge < -0.3 is 23.7 Å². The molecule has 0 N–H and O–H groups in total. The van der Waals surface area contributed by atoms with Crippen molar-refractivity contribution >= 4 is 11.8 Å².